The van der Waals surface area contributed by atoms with Crippen LogP contribution in [0, 0.1) is 27.9 Å². The number of nitro benzene ring substituents is 1. The Morgan fingerprint density at radius 1 is 1.39 bits per heavy atom. The van der Waals surface area contributed by atoms with Gasteiger partial charge in [-0.15, -0.1) is 0 Å². The number of hydrogen-bond acceptors (Lipinski definition) is 4. The van der Waals surface area contributed by atoms with E-state index < -0.39 is 10.9 Å². The van der Waals surface area contributed by atoms with Crippen molar-refractivity contribution in [2.24, 2.45) is 17.8 Å². The fourth-order valence-corrected chi connectivity index (χ4v) is 3.42. The zero-order chi connectivity index (χ0) is 17.1. The van der Waals surface area contributed by atoms with E-state index in [-0.39, 0.29) is 22.4 Å². The summed E-state index contributed by atoms with van der Waals surface area (Å²) in [5, 5.41) is 11.0. The van der Waals surface area contributed by atoms with Crippen LogP contribution in [0.1, 0.15) is 50.4 Å². The van der Waals surface area contributed by atoms with Gasteiger partial charge in [0.25, 0.3) is 5.69 Å². The number of carbonyl (C=O) groups excluding carboxylic acids is 1. The summed E-state index contributed by atoms with van der Waals surface area (Å²) in [7, 11) is 0. The summed E-state index contributed by atoms with van der Waals surface area (Å²) in [6.45, 7) is 6.42. The maximum Gasteiger partial charge on any atom is 0.338 e. The highest BCUT2D eigenvalue weighted by Crippen LogP contribution is 2.36. The van der Waals surface area contributed by atoms with E-state index in [9.17, 15) is 14.9 Å². The molecular formula is C17H22ClNO4. The fourth-order valence-electron chi connectivity index (χ4n) is 3.24. The largest absolute Gasteiger partial charge is 0.458 e. The molecule has 0 saturated heterocycles. The molecule has 126 valence electrons. The van der Waals surface area contributed by atoms with Crippen molar-refractivity contribution in [3.63, 3.8) is 0 Å². The lowest BCUT2D eigenvalue weighted by Crippen LogP contribution is -2.35. The summed E-state index contributed by atoms with van der Waals surface area (Å²) in [4.78, 5) is 22.7. The first-order chi connectivity index (χ1) is 10.8. The molecule has 6 heteroatoms. The second-order valence-electron chi connectivity index (χ2n) is 6.69. The molecule has 0 radical (unpaired) electrons. The van der Waals surface area contributed by atoms with Gasteiger partial charge in [-0.3, -0.25) is 10.1 Å². The van der Waals surface area contributed by atoms with Crippen LogP contribution in [-0.4, -0.2) is 17.0 Å². The fraction of sp³-hybridized carbons (Fsp3) is 0.588. The number of ether oxygens (including phenoxy) is 1. The second-order valence-corrected chi connectivity index (χ2v) is 7.10. The SMILES string of the molecule is CC(C)[C@H]1CC[C@H](C)C[C@H]1OC(=O)c1ccc(Cl)c([N+](=O)[O-])c1. The molecular weight excluding hydrogens is 318 g/mol. The Balaban J connectivity index is 2.17. The smallest absolute Gasteiger partial charge is 0.338 e. The van der Waals surface area contributed by atoms with E-state index in [1.807, 2.05) is 0 Å². The highest BCUT2D eigenvalue weighted by atomic mass is 35.5. The molecule has 1 aliphatic rings. The Morgan fingerprint density at radius 2 is 2.09 bits per heavy atom. The van der Waals surface area contributed by atoms with Gasteiger partial charge in [0, 0.05) is 6.07 Å². The molecule has 0 N–H and O–H groups in total. The number of nitro groups is 1. The zero-order valence-corrected chi connectivity index (χ0v) is 14.4. The summed E-state index contributed by atoms with van der Waals surface area (Å²) in [6.07, 6.45) is 2.88. The van der Waals surface area contributed by atoms with E-state index in [0.29, 0.717) is 17.8 Å². The first-order valence-corrected chi connectivity index (χ1v) is 8.32. The topological polar surface area (TPSA) is 69.4 Å². The second kappa shape index (κ2) is 7.30. The van der Waals surface area contributed by atoms with Gasteiger partial charge in [-0.25, -0.2) is 4.79 Å². The number of rotatable bonds is 4. The molecule has 1 saturated carbocycles. The molecule has 5 nitrogen and oxygen atoms in total. The Kier molecular flexibility index (Phi) is 5.63. The Labute approximate surface area is 141 Å². The first kappa shape index (κ1) is 17.7. The van der Waals surface area contributed by atoms with E-state index in [0.717, 1.165) is 19.3 Å². The molecule has 1 aliphatic carbocycles. The van der Waals surface area contributed by atoms with Gasteiger partial charge < -0.3 is 4.74 Å². The van der Waals surface area contributed by atoms with Gasteiger partial charge in [-0.1, -0.05) is 38.8 Å². The van der Waals surface area contributed by atoms with Crippen LogP contribution in [0.2, 0.25) is 5.02 Å². The number of carbonyl (C=O) groups is 1. The van der Waals surface area contributed by atoms with Crippen molar-refractivity contribution in [3.8, 4) is 0 Å². The maximum atomic E-state index is 12.4. The quantitative estimate of drug-likeness (QED) is 0.446. The van der Waals surface area contributed by atoms with Gasteiger partial charge in [0.15, 0.2) is 0 Å². The van der Waals surface area contributed by atoms with Crippen molar-refractivity contribution in [3.05, 3.63) is 38.9 Å². The summed E-state index contributed by atoms with van der Waals surface area (Å²) in [5.41, 5.74) is -0.111. The molecule has 2 rings (SSSR count). The number of halogens is 1. The molecule has 3 atom stereocenters. The number of hydrogen-bond donors (Lipinski definition) is 0. The van der Waals surface area contributed by atoms with Crippen molar-refractivity contribution in [2.75, 3.05) is 0 Å². The molecule has 1 aromatic carbocycles. The Morgan fingerprint density at radius 3 is 2.70 bits per heavy atom. The van der Waals surface area contributed by atoms with Crippen molar-refractivity contribution in [2.45, 2.75) is 46.1 Å². The van der Waals surface area contributed by atoms with Crippen molar-refractivity contribution in [1.29, 1.82) is 0 Å². The molecule has 23 heavy (non-hydrogen) atoms. The predicted molar refractivity (Wildman–Crippen MR) is 88.7 cm³/mol. The summed E-state index contributed by atoms with van der Waals surface area (Å²) >= 11 is 5.78. The lowest BCUT2D eigenvalue weighted by atomic mass is 9.75. The lowest BCUT2D eigenvalue weighted by Gasteiger charge is -2.36. The minimum absolute atomic E-state index is 0.0119. The highest BCUT2D eigenvalue weighted by Gasteiger charge is 2.33. The monoisotopic (exact) mass is 339 g/mol. The maximum absolute atomic E-state index is 12.4. The normalized spacial score (nSPS) is 24.5. The highest BCUT2D eigenvalue weighted by molar-refractivity contribution is 6.32. The van der Waals surface area contributed by atoms with Gasteiger partial charge in [0.1, 0.15) is 11.1 Å². The minimum atomic E-state index is -0.598. The van der Waals surface area contributed by atoms with Crippen molar-refractivity contribution < 1.29 is 14.5 Å². The van der Waals surface area contributed by atoms with E-state index in [4.69, 9.17) is 16.3 Å². The van der Waals surface area contributed by atoms with E-state index >= 15 is 0 Å². The molecule has 0 aliphatic heterocycles. The van der Waals surface area contributed by atoms with Gasteiger partial charge in [0.2, 0.25) is 0 Å². The van der Waals surface area contributed by atoms with Crippen LogP contribution in [0.4, 0.5) is 5.69 Å². The van der Waals surface area contributed by atoms with Gasteiger partial charge in [-0.05, 0) is 42.7 Å². The van der Waals surface area contributed by atoms with Crippen LogP contribution in [0.5, 0.6) is 0 Å². The predicted octanol–water partition coefficient (Wildman–Crippen LogP) is 4.87. The van der Waals surface area contributed by atoms with Crippen LogP contribution in [0.3, 0.4) is 0 Å². The molecule has 0 bridgehead atoms. The number of benzene rings is 1. The van der Waals surface area contributed by atoms with Crippen molar-refractivity contribution >= 4 is 23.3 Å². The summed E-state index contributed by atoms with van der Waals surface area (Å²) in [6, 6.07) is 4.01. The number of esters is 1. The minimum Gasteiger partial charge on any atom is -0.458 e. The molecule has 1 aromatic rings. The zero-order valence-electron chi connectivity index (χ0n) is 13.6. The molecule has 0 heterocycles. The van der Waals surface area contributed by atoms with E-state index in [1.54, 1.807) is 0 Å². The standard InChI is InChI=1S/C17H22ClNO4/c1-10(2)13-6-4-11(3)8-16(13)23-17(20)12-5-7-14(18)15(9-12)19(21)22/h5,7,9-11,13,16H,4,6,8H2,1-3H3/t11-,13+,16+/m0/s1. The summed E-state index contributed by atoms with van der Waals surface area (Å²) < 4.78 is 5.69. The van der Waals surface area contributed by atoms with E-state index in [2.05, 4.69) is 20.8 Å². The third kappa shape index (κ3) is 4.22. The Bertz CT molecular complexity index is 602. The van der Waals surface area contributed by atoms with Crippen molar-refractivity contribution in [1.82, 2.24) is 0 Å². The average molecular weight is 340 g/mol. The number of nitrogens with zero attached hydrogens (tertiary/aromatic N) is 1. The Hall–Kier alpha value is -1.62. The molecule has 0 spiro atoms. The van der Waals surface area contributed by atoms with Crippen LogP contribution >= 0.6 is 11.6 Å². The average Bonchev–Trinajstić information content (AvgIpc) is 2.46. The third-order valence-corrected chi connectivity index (χ3v) is 4.92. The van der Waals surface area contributed by atoms with Gasteiger partial charge in [0.05, 0.1) is 10.5 Å². The first-order valence-electron chi connectivity index (χ1n) is 7.94. The van der Waals surface area contributed by atoms with Crippen LogP contribution in [0.25, 0.3) is 0 Å². The summed E-state index contributed by atoms with van der Waals surface area (Å²) in [5.74, 6) is 0.758. The molecule has 0 aromatic heterocycles. The molecule has 0 unspecified atom stereocenters. The van der Waals surface area contributed by atoms with Gasteiger partial charge in [-0.2, -0.15) is 0 Å². The van der Waals surface area contributed by atoms with E-state index in [1.165, 1.54) is 18.2 Å². The van der Waals surface area contributed by atoms with Gasteiger partial charge >= 0.3 is 5.97 Å². The lowest BCUT2D eigenvalue weighted by molar-refractivity contribution is -0.384. The molecule has 1 fully saturated rings. The van der Waals surface area contributed by atoms with Crippen LogP contribution < -0.4 is 0 Å². The molecule has 0 amide bonds. The third-order valence-electron chi connectivity index (χ3n) is 4.60. The van der Waals surface area contributed by atoms with Crippen LogP contribution in [-0.2, 0) is 4.74 Å². The van der Waals surface area contributed by atoms with Crippen LogP contribution in [0.15, 0.2) is 18.2 Å².